The van der Waals surface area contributed by atoms with Gasteiger partial charge in [-0.3, -0.25) is 4.79 Å². The van der Waals surface area contributed by atoms with Crippen molar-refractivity contribution in [1.29, 1.82) is 0 Å². The predicted octanol–water partition coefficient (Wildman–Crippen LogP) is -0.699. The van der Waals surface area contributed by atoms with Gasteiger partial charge in [-0.05, 0) is 13.0 Å². The molecule has 96 valence electrons. The molecule has 0 aliphatic heterocycles. The summed E-state index contributed by atoms with van der Waals surface area (Å²) in [4.78, 5) is 10.5. The van der Waals surface area contributed by atoms with Gasteiger partial charge in [0.05, 0.1) is 0 Å². The monoisotopic (exact) mass is 230 g/mol. The van der Waals surface area contributed by atoms with Crippen molar-refractivity contribution in [3.05, 3.63) is 0 Å². The van der Waals surface area contributed by atoms with Crippen LogP contribution in [0, 0.1) is 0 Å². The molecule has 0 unspecified atom stereocenters. The van der Waals surface area contributed by atoms with Crippen molar-refractivity contribution in [3.8, 4) is 0 Å². The molecular formula is C11H26N4O. The van der Waals surface area contributed by atoms with Gasteiger partial charge in [0.2, 0.25) is 5.91 Å². The van der Waals surface area contributed by atoms with Crippen molar-refractivity contribution in [2.45, 2.75) is 20.3 Å². The summed E-state index contributed by atoms with van der Waals surface area (Å²) in [6.45, 7) is 10.3. The van der Waals surface area contributed by atoms with Gasteiger partial charge in [-0.25, -0.2) is 0 Å². The maximum absolute atomic E-state index is 10.5. The van der Waals surface area contributed by atoms with Gasteiger partial charge in [0, 0.05) is 46.2 Å². The summed E-state index contributed by atoms with van der Waals surface area (Å²) in [6.07, 6.45) is 1.19. The Morgan fingerprint density at radius 3 is 1.69 bits per heavy atom. The minimum atomic E-state index is 0.0296. The Kier molecular flexibility index (Phi) is 11.9. The third-order valence-electron chi connectivity index (χ3n) is 2.06. The van der Waals surface area contributed by atoms with Crippen molar-refractivity contribution in [2.75, 3.05) is 45.8 Å². The lowest BCUT2D eigenvalue weighted by atomic mass is 10.4. The minimum Gasteiger partial charge on any atom is -0.355 e. The van der Waals surface area contributed by atoms with E-state index in [9.17, 15) is 4.79 Å². The van der Waals surface area contributed by atoms with Gasteiger partial charge in [-0.2, -0.15) is 0 Å². The first-order valence-electron chi connectivity index (χ1n) is 6.14. The Hall–Kier alpha value is -0.650. The van der Waals surface area contributed by atoms with Crippen molar-refractivity contribution in [3.63, 3.8) is 0 Å². The predicted molar refractivity (Wildman–Crippen MR) is 67.6 cm³/mol. The summed E-state index contributed by atoms with van der Waals surface area (Å²) in [5.41, 5.74) is 0. The fourth-order valence-electron chi connectivity index (χ4n) is 1.23. The first-order valence-corrected chi connectivity index (χ1v) is 6.14. The number of amides is 1. The van der Waals surface area contributed by atoms with Gasteiger partial charge in [0.1, 0.15) is 0 Å². The van der Waals surface area contributed by atoms with Crippen LogP contribution in [0.5, 0.6) is 0 Å². The highest BCUT2D eigenvalue weighted by atomic mass is 16.1. The zero-order valence-electron chi connectivity index (χ0n) is 10.6. The lowest BCUT2D eigenvalue weighted by Crippen LogP contribution is -2.36. The van der Waals surface area contributed by atoms with Crippen molar-refractivity contribution in [2.24, 2.45) is 0 Å². The minimum absolute atomic E-state index is 0.0296. The molecule has 0 spiro atoms. The van der Waals surface area contributed by atoms with Gasteiger partial charge in [-0.1, -0.05) is 6.92 Å². The second-order valence-electron chi connectivity index (χ2n) is 3.73. The average molecular weight is 230 g/mol. The molecule has 0 heterocycles. The zero-order valence-corrected chi connectivity index (χ0v) is 10.6. The van der Waals surface area contributed by atoms with E-state index in [2.05, 4.69) is 28.2 Å². The summed E-state index contributed by atoms with van der Waals surface area (Å²) >= 11 is 0. The van der Waals surface area contributed by atoms with Gasteiger partial charge >= 0.3 is 0 Å². The molecule has 0 aromatic carbocycles. The number of carbonyl (C=O) groups excluding carboxylic acids is 1. The fourth-order valence-corrected chi connectivity index (χ4v) is 1.23. The van der Waals surface area contributed by atoms with Crippen LogP contribution in [0.15, 0.2) is 0 Å². The molecule has 0 aromatic rings. The second kappa shape index (κ2) is 12.4. The van der Waals surface area contributed by atoms with Gasteiger partial charge in [0.15, 0.2) is 0 Å². The molecule has 16 heavy (non-hydrogen) atoms. The third kappa shape index (κ3) is 13.4. The Bertz CT molecular complexity index is 164. The molecule has 0 aromatic heterocycles. The van der Waals surface area contributed by atoms with Crippen LogP contribution in [0.3, 0.4) is 0 Å². The van der Waals surface area contributed by atoms with E-state index in [0.29, 0.717) is 6.54 Å². The van der Waals surface area contributed by atoms with E-state index in [1.165, 1.54) is 13.3 Å². The Balaban J connectivity index is 2.90. The highest BCUT2D eigenvalue weighted by molar-refractivity contribution is 5.72. The van der Waals surface area contributed by atoms with Crippen LogP contribution in [0.1, 0.15) is 20.3 Å². The number of rotatable bonds is 11. The van der Waals surface area contributed by atoms with E-state index in [1.807, 2.05) is 0 Å². The lowest BCUT2D eigenvalue weighted by molar-refractivity contribution is -0.118. The normalized spacial score (nSPS) is 10.4. The van der Waals surface area contributed by atoms with Crippen LogP contribution < -0.4 is 21.3 Å². The van der Waals surface area contributed by atoms with Crippen molar-refractivity contribution in [1.82, 2.24) is 21.3 Å². The van der Waals surface area contributed by atoms with E-state index in [1.54, 1.807) is 0 Å². The molecule has 5 nitrogen and oxygen atoms in total. The molecular weight excluding hydrogens is 204 g/mol. The first-order chi connectivity index (χ1) is 7.77. The highest BCUT2D eigenvalue weighted by Gasteiger charge is 1.90. The Labute approximate surface area is 98.7 Å². The van der Waals surface area contributed by atoms with E-state index in [-0.39, 0.29) is 5.91 Å². The highest BCUT2D eigenvalue weighted by Crippen LogP contribution is 1.68. The summed E-state index contributed by atoms with van der Waals surface area (Å²) < 4.78 is 0. The van der Waals surface area contributed by atoms with Gasteiger partial charge in [0.25, 0.3) is 0 Å². The summed E-state index contributed by atoms with van der Waals surface area (Å²) in [7, 11) is 0. The summed E-state index contributed by atoms with van der Waals surface area (Å²) in [5, 5.41) is 12.6. The molecule has 0 aliphatic rings. The van der Waals surface area contributed by atoms with Crippen molar-refractivity contribution < 1.29 is 4.79 Å². The summed E-state index contributed by atoms with van der Waals surface area (Å²) in [5.74, 6) is 0.0296. The van der Waals surface area contributed by atoms with Gasteiger partial charge < -0.3 is 21.3 Å². The Morgan fingerprint density at radius 2 is 1.25 bits per heavy atom. The topological polar surface area (TPSA) is 65.2 Å². The number of nitrogens with one attached hydrogen (secondary N) is 4. The molecule has 0 radical (unpaired) electrons. The molecule has 4 N–H and O–H groups in total. The Morgan fingerprint density at radius 1 is 0.812 bits per heavy atom. The van der Waals surface area contributed by atoms with E-state index in [4.69, 9.17) is 0 Å². The molecule has 0 atom stereocenters. The smallest absolute Gasteiger partial charge is 0.216 e. The second-order valence-corrected chi connectivity index (χ2v) is 3.73. The fraction of sp³-hybridized carbons (Fsp3) is 0.909. The van der Waals surface area contributed by atoms with E-state index in [0.717, 1.165) is 39.3 Å². The first kappa shape index (κ1) is 15.3. The van der Waals surface area contributed by atoms with Crippen LogP contribution in [0.2, 0.25) is 0 Å². The van der Waals surface area contributed by atoms with Crippen LogP contribution >= 0.6 is 0 Å². The standard InChI is InChI=1S/C11H26N4O/c1-3-4-12-5-6-13-7-8-14-9-10-15-11(2)16/h12-14H,3-10H2,1-2H3,(H,15,16). The third-order valence-corrected chi connectivity index (χ3v) is 2.06. The number of hydrogen-bond donors (Lipinski definition) is 4. The molecule has 0 saturated carbocycles. The van der Waals surface area contributed by atoms with E-state index >= 15 is 0 Å². The molecule has 0 bridgehead atoms. The lowest BCUT2D eigenvalue weighted by Gasteiger charge is -2.07. The van der Waals surface area contributed by atoms with Crippen molar-refractivity contribution >= 4 is 5.91 Å². The molecule has 0 fully saturated rings. The molecule has 1 amide bonds. The molecule has 5 heteroatoms. The van der Waals surface area contributed by atoms with E-state index < -0.39 is 0 Å². The zero-order chi connectivity index (χ0) is 12.1. The molecule has 0 rings (SSSR count). The maximum atomic E-state index is 10.5. The maximum Gasteiger partial charge on any atom is 0.216 e. The largest absolute Gasteiger partial charge is 0.355 e. The molecule has 0 saturated heterocycles. The quantitative estimate of drug-likeness (QED) is 0.355. The van der Waals surface area contributed by atoms with Crippen LogP contribution in [0.25, 0.3) is 0 Å². The number of hydrogen-bond acceptors (Lipinski definition) is 4. The summed E-state index contributed by atoms with van der Waals surface area (Å²) in [6, 6.07) is 0. The number of carbonyl (C=O) groups is 1. The van der Waals surface area contributed by atoms with Gasteiger partial charge in [-0.15, -0.1) is 0 Å². The van der Waals surface area contributed by atoms with Crippen LogP contribution in [-0.2, 0) is 4.79 Å². The van der Waals surface area contributed by atoms with Crippen LogP contribution in [-0.4, -0.2) is 51.7 Å². The molecule has 0 aliphatic carbocycles. The average Bonchev–Trinajstić information content (AvgIpc) is 2.25. The SMILES string of the molecule is CCCNCCNCCNCCNC(C)=O. The van der Waals surface area contributed by atoms with Crippen LogP contribution in [0.4, 0.5) is 0 Å².